The number of nitrogens with one attached hydrogen (secondary N) is 1. The van der Waals surface area contributed by atoms with Gasteiger partial charge >= 0.3 is 0 Å². The SMILES string of the molecule is CCCc1cc(C(=O)N2CCc3ccc([N+](=O)[O-])cc32)n[nH]1. The number of aryl methyl sites for hydroxylation is 1. The number of carbonyl (C=O) groups excluding carboxylic acids is 1. The number of nitrogens with zero attached hydrogens (tertiary/aromatic N) is 3. The second-order valence-electron chi connectivity index (χ2n) is 5.31. The number of nitro benzene ring substituents is 1. The van der Waals surface area contributed by atoms with Gasteiger partial charge in [-0.3, -0.25) is 20.0 Å². The number of non-ortho nitro benzene ring substituents is 1. The van der Waals surface area contributed by atoms with Crippen LogP contribution in [0, 0.1) is 10.1 Å². The average molecular weight is 300 g/mol. The molecule has 0 saturated heterocycles. The normalized spacial score (nSPS) is 13.2. The fraction of sp³-hybridized carbons (Fsp3) is 0.333. The number of benzene rings is 1. The summed E-state index contributed by atoms with van der Waals surface area (Å²) in [5.74, 6) is -0.224. The second-order valence-corrected chi connectivity index (χ2v) is 5.31. The van der Waals surface area contributed by atoms with E-state index in [-0.39, 0.29) is 11.6 Å². The van der Waals surface area contributed by atoms with Crippen molar-refractivity contribution in [1.29, 1.82) is 0 Å². The summed E-state index contributed by atoms with van der Waals surface area (Å²) in [6.07, 6.45) is 2.50. The van der Waals surface area contributed by atoms with E-state index in [9.17, 15) is 14.9 Å². The van der Waals surface area contributed by atoms with E-state index in [0.717, 1.165) is 24.1 Å². The molecule has 1 aromatic carbocycles. The fourth-order valence-corrected chi connectivity index (χ4v) is 2.70. The maximum atomic E-state index is 12.6. The topological polar surface area (TPSA) is 92.1 Å². The van der Waals surface area contributed by atoms with Crippen LogP contribution in [0.3, 0.4) is 0 Å². The molecule has 2 heterocycles. The molecule has 1 aliphatic heterocycles. The van der Waals surface area contributed by atoms with E-state index >= 15 is 0 Å². The van der Waals surface area contributed by atoms with Crippen molar-refractivity contribution < 1.29 is 9.72 Å². The number of H-pyrrole nitrogens is 1. The van der Waals surface area contributed by atoms with Crippen LogP contribution in [0.4, 0.5) is 11.4 Å². The van der Waals surface area contributed by atoms with Crippen LogP contribution in [0.2, 0.25) is 0 Å². The van der Waals surface area contributed by atoms with Crippen molar-refractivity contribution in [1.82, 2.24) is 10.2 Å². The predicted molar refractivity (Wildman–Crippen MR) is 81.1 cm³/mol. The van der Waals surface area contributed by atoms with Crippen LogP contribution in [0.15, 0.2) is 24.3 Å². The molecule has 0 radical (unpaired) electrons. The minimum atomic E-state index is -0.449. The Morgan fingerprint density at radius 3 is 3.00 bits per heavy atom. The number of aromatic nitrogens is 2. The summed E-state index contributed by atoms with van der Waals surface area (Å²) in [7, 11) is 0. The van der Waals surface area contributed by atoms with E-state index in [1.165, 1.54) is 12.1 Å². The largest absolute Gasteiger partial charge is 0.306 e. The Hall–Kier alpha value is -2.70. The minimum absolute atomic E-state index is 0.00727. The summed E-state index contributed by atoms with van der Waals surface area (Å²) in [6, 6.07) is 6.40. The van der Waals surface area contributed by atoms with Gasteiger partial charge in [-0.05, 0) is 24.5 Å². The van der Waals surface area contributed by atoms with Crippen molar-refractivity contribution in [3.05, 3.63) is 51.3 Å². The molecule has 0 unspecified atom stereocenters. The summed E-state index contributed by atoms with van der Waals surface area (Å²) in [5, 5.41) is 17.8. The number of aromatic amines is 1. The number of nitro groups is 1. The summed E-state index contributed by atoms with van der Waals surface area (Å²) >= 11 is 0. The Bertz CT molecular complexity index is 738. The lowest BCUT2D eigenvalue weighted by Gasteiger charge is -2.15. The molecule has 1 aliphatic rings. The average Bonchev–Trinajstić information content (AvgIpc) is 3.12. The highest BCUT2D eigenvalue weighted by Gasteiger charge is 2.28. The fourth-order valence-electron chi connectivity index (χ4n) is 2.70. The van der Waals surface area contributed by atoms with Crippen molar-refractivity contribution in [2.45, 2.75) is 26.2 Å². The molecular weight excluding hydrogens is 284 g/mol. The molecule has 114 valence electrons. The molecule has 22 heavy (non-hydrogen) atoms. The molecule has 1 amide bonds. The van der Waals surface area contributed by atoms with Gasteiger partial charge in [-0.1, -0.05) is 19.4 Å². The molecule has 0 fully saturated rings. The monoisotopic (exact) mass is 300 g/mol. The third kappa shape index (κ3) is 2.45. The molecule has 0 atom stereocenters. The molecule has 1 N–H and O–H groups in total. The van der Waals surface area contributed by atoms with Gasteiger partial charge in [0.15, 0.2) is 5.69 Å². The maximum Gasteiger partial charge on any atom is 0.278 e. The Morgan fingerprint density at radius 2 is 2.27 bits per heavy atom. The maximum absolute atomic E-state index is 12.6. The lowest BCUT2D eigenvalue weighted by molar-refractivity contribution is -0.384. The molecule has 0 spiro atoms. The van der Waals surface area contributed by atoms with Crippen LogP contribution in [0.25, 0.3) is 0 Å². The smallest absolute Gasteiger partial charge is 0.278 e. The Balaban J connectivity index is 1.89. The van der Waals surface area contributed by atoms with Crippen LogP contribution in [-0.2, 0) is 12.8 Å². The highest BCUT2D eigenvalue weighted by molar-refractivity contribution is 6.06. The second kappa shape index (κ2) is 5.59. The molecule has 3 rings (SSSR count). The van der Waals surface area contributed by atoms with Crippen molar-refractivity contribution in [3.8, 4) is 0 Å². The summed E-state index contributed by atoms with van der Waals surface area (Å²) in [6.45, 7) is 2.57. The quantitative estimate of drug-likeness (QED) is 0.693. The summed E-state index contributed by atoms with van der Waals surface area (Å²) in [4.78, 5) is 24.6. The standard InChI is InChI=1S/C15H16N4O3/c1-2-3-11-8-13(17-16-11)15(20)18-7-6-10-4-5-12(19(21)22)9-14(10)18/h4-5,8-9H,2-3,6-7H2,1H3,(H,16,17). The van der Waals surface area contributed by atoms with Gasteiger partial charge in [0.05, 0.1) is 10.6 Å². The van der Waals surface area contributed by atoms with Gasteiger partial charge in [0.2, 0.25) is 0 Å². The number of anilines is 1. The van der Waals surface area contributed by atoms with Gasteiger partial charge in [0.25, 0.3) is 11.6 Å². The van der Waals surface area contributed by atoms with Crippen molar-refractivity contribution >= 4 is 17.3 Å². The predicted octanol–water partition coefficient (Wildman–Crippen LogP) is 2.47. The van der Waals surface area contributed by atoms with Gasteiger partial charge < -0.3 is 4.90 Å². The number of amides is 1. The number of fused-ring (bicyclic) bond motifs is 1. The van der Waals surface area contributed by atoms with E-state index < -0.39 is 4.92 Å². The molecular formula is C15H16N4O3. The van der Waals surface area contributed by atoms with Crippen LogP contribution in [0.5, 0.6) is 0 Å². The summed E-state index contributed by atoms with van der Waals surface area (Å²) in [5.41, 5.74) is 2.82. The molecule has 2 aromatic rings. The highest BCUT2D eigenvalue weighted by atomic mass is 16.6. The van der Waals surface area contributed by atoms with Gasteiger partial charge in [0.1, 0.15) is 0 Å². The van der Waals surface area contributed by atoms with E-state index in [1.807, 2.05) is 0 Å². The lowest BCUT2D eigenvalue weighted by Crippen LogP contribution is -2.29. The minimum Gasteiger partial charge on any atom is -0.306 e. The molecule has 7 heteroatoms. The Morgan fingerprint density at radius 1 is 1.45 bits per heavy atom. The van der Waals surface area contributed by atoms with E-state index in [0.29, 0.717) is 24.3 Å². The number of carbonyl (C=O) groups is 1. The number of rotatable bonds is 4. The molecule has 1 aromatic heterocycles. The van der Waals surface area contributed by atoms with Crippen LogP contribution >= 0.6 is 0 Å². The van der Waals surface area contributed by atoms with Crippen molar-refractivity contribution in [2.75, 3.05) is 11.4 Å². The number of hydrogen-bond acceptors (Lipinski definition) is 4. The molecule has 7 nitrogen and oxygen atoms in total. The first kappa shape index (κ1) is 14.2. The first-order valence-corrected chi connectivity index (χ1v) is 7.23. The van der Waals surface area contributed by atoms with E-state index in [2.05, 4.69) is 17.1 Å². The Labute approximate surface area is 127 Å². The number of hydrogen-bond donors (Lipinski definition) is 1. The summed E-state index contributed by atoms with van der Waals surface area (Å²) < 4.78 is 0. The third-order valence-electron chi connectivity index (χ3n) is 3.79. The van der Waals surface area contributed by atoms with Crippen molar-refractivity contribution in [2.24, 2.45) is 0 Å². The first-order chi connectivity index (χ1) is 10.6. The molecule has 0 aliphatic carbocycles. The van der Waals surface area contributed by atoms with Gasteiger partial charge in [-0.2, -0.15) is 5.10 Å². The van der Waals surface area contributed by atoms with Gasteiger partial charge in [0, 0.05) is 24.4 Å². The molecule has 0 saturated carbocycles. The third-order valence-corrected chi connectivity index (χ3v) is 3.79. The lowest BCUT2D eigenvalue weighted by atomic mass is 10.1. The zero-order chi connectivity index (χ0) is 15.7. The van der Waals surface area contributed by atoms with Gasteiger partial charge in [-0.15, -0.1) is 0 Å². The van der Waals surface area contributed by atoms with E-state index in [4.69, 9.17) is 0 Å². The van der Waals surface area contributed by atoms with Crippen LogP contribution < -0.4 is 4.90 Å². The molecule has 0 bridgehead atoms. The highest BCUT2D eigenvalue weighted by Crippen LogP contribution is 2.32. The first-order valence-electron chi connectivity index (χ1n) is 7.23. The zero-order valence-corrected chi connectivity index (χ0v) is 12.2. The van der Waals surface area contributed by atoms with Crippen molar-refractivity contribution in [3.63, 3.8) is 0 Å². The van der Waals surface area contributed by atoms with E-state index in [1.54, 1.807) is 17.0 Å². The van der Waals surface area contributed by atoms with Crippen LogP contribution in [0.1, 0.15) is 35.1 Å². The Kier molecular flexibility index (Phi) is 3.62. The van der Waals surface area contributed by atoms with Gasteiger partial charge in [-0.25, -0.2) is 0 Å². The zero-order valence-electron chi connectivity index (χ0n) is 12.2. The van der Waals surface area contributed by atoms with Crippen LogP contribution in [-0.4, -0.2) is 27.6 Å².